The zero-order chi connectivity index (χ0) is 13.4. The molecule has 2 N–H and O–H groups in total. The van der Waals surface area contributed by atoms with Crippen molar-refractivity contribution in [1.29, 1.82) is 0 Å². The molecule has 7 heteroatoms. The number of aromatic nitrogens is 1. The first kappa shape index (κ1) is 11.9. The van der Waals surface area contributed by atoms with E-state index in [-0.39, 0.29) is 11.7 Å². The number of esters is 1. The Bertz CT molecular complexity index is 558. The Hall–Kier alpha value is -2.15. The third kappa shape index (κ3) is 1.91. The Balaban J connectivity index is 2.06. The van der Waals surface area contributed by atoms with Crippen LogP contribution in [0.2, 0.25) is 0 Å². The molecular weight excluding hydrogens is 248 g/mol. The molecule has 3 rings (SSSR count). The van der Waals surface area contributed by atoms with E-state index in [9.17, 15) is 4.79 Å². The van der Waals surface area contributed by atoms with Crippen LogP contribution in [0.3, 0.4) is 0 Å². The summed E-state index contributed by atoms with van der Waals surface area (Å²) < 4.78 is 10.2. The highest BCUT2D eigenvalue weighted by Gasteiger charge is 2.32. The number of ether oxygens (including phenoxy) is 2. The van der Waals surface area contributed by atoms with Crippen molar-refractivity contribution < 1.29 is 14.3 Å². The lowest BCUT2D eigenvalue weighted by Crippen LogP contribution is -2.48. The number of nitrogens with two attached hydrogens (primary N) is 1. The van der Waals surface area contributed by atoms with Gasteiger partial charge in [0.2, 0.25) is 0 Å². The molecule has 1 aromatic heterocycles. The summed E-state index contributed by atoms with van der Waals surface area (Å²) in [5.41, 5.74) is 7.77. The van der Waals surface area contributed by atoms with Gasteiger partial charge < -0.3 is 20.1 Å². The first-order chi connectivity index (χ1) is 9.20. The molecule has 1 aromatic rings. The number of fused-ring (bicyclic) bond motifs is 3. The number of hydrogen-bond donors (Lipinski definition) is 1. The molecule has 1 unspecified atom stereocenters. The van der Waals surface area contributed by atoms with Gasteiger partial charge in [0.25, 0.3) is 0 Å². The average molecular weight is 262 g/mol. The normalized spacial score (nSPS) is 21.2. The van der Waals surface area contributed by atoms with E-state index in [0.29, 0.717) is 31.4 Å². The van der Waals surface area contributed by atoms with Crippen molar-refractivity contribution in [2.75, 3.05) is 26.9 Å². The summed E-state index contributed by atoms with van der Waals surface area (Å²) in [4.78, 5) is 21.9. The fraction of sp³-hybridized carbons (Fsp3) is 0.417. The van der Waals surface area contributed by atoms with E-state index in [1.54, 1.807) is 12.3 Å². The number of pyridine rings is 1. The topological polar surface area (TPSA) is 90.0 Å². The van der Waals surface area contributed by atoms with E-state index in [2.05, 4.69) is 14.7 Å². The Morgan fingerprint density at radius 1 is 1.63 bits per heavy atom. The van der Waals surface area contributed by atoms with Crippen LogP contribution in [-0.2, 0) is 9.47 Å². The summed E-state index contributed by atoms with van der Waals surface area (Å²) in [6.45, 7) is 1.83. The van der Waals surface area contributed by atoms with E-state index >= 15 is 0 Å². The van der Waals surface area contributed by atoms with Crippen molar-refractivity contribution in [2.45, 2.75) is 6.04 Å². The van der Waals surface area contributed by atoms with Crippen LogP contribution in [0.25, 0.3) is 0 Å². The van der Waals surface area contributed by atoms with E-state index < -0.39 is 5.97 Å². The Labute approximate surface area is 110 Å². The molecule has 0 bridgehead atoms. The molecular formula is C12H14N4O3. The van der Waals surface area contributed by atoms with Crippen LogP contribution in [0.5, 0.6) is 0 Å². The molecule has 1 atom stereocenters. The van der Waals surface area contributed by atoms with Crippen molar-refractivity contribution in [3.63, 3.8) is 0 Å². The number of hydrogen-bond acceptors (Lipinski definition) is 7. The fourth-order valence-corrected chi connectivity index (χ4v) is 2.36. The molecule has 1 fully saturated rings. The van der Waals surface area contributed by atoms with Gasteiger partial charge in [0.1, 0.15) is 5.69 Å². The summed E-state index contributed by atoms with van der Waals surface area (Å²) in [6.07, 6.45) is 1.54. The molecule has 0 aromatic carbocycles. The molecule has 0 aliphatic carbocycles. The summed E-state index contributed by atoms with van der Waals surface area (Å²) in [7, 11) is 1.33. The van der Waals surface area contributed by atoms with Crippen LogP contribution in [-0.4, -0.2) is 48.7 Å². The number of guanidine groups is 1. The van der Waals surface area contributed by atoms with Gasteiger partial charge in [-0.2, -0.15) is 0 Å². The van der Waals surface area contributed by atoms with Gasteiger partial charge in [-0.3, -0.25) is 0 Å². The molecule has 3 heterocycles. The first-order valence-corrected chi connectivity index (χ1v) is 5.97. The maximum absolute atomic E-state index is 11.5. The van der Waals surface area contributed by atoms with Crippen molar-refractivity contribution in [2.24, 2.45) is 10.7 Å². The Morgan fingerprint density at radius 2 is 2.47 bits per heavy atom. The highest BCUT2D eigenvalue weighted by atomic mass is 16.5. The van der Waals surface area contributed by atoms with Crippen molar-refractivity contribution >= 4 is 17.6 Å². The lowest BCUT2D eigenvalue weighted by Gasteiger charge is -2.39. The lowest BCUT2D eigenvalue weighted by molar-refractivity contribution is 0.0240. The predicted octanol–water partition coefficient (Wildman–Crippen LogP) is 0.201. The molecule has 1 saturated heterocycles. The van der Waals surface area contributed by atoms with Crippen LogP contribution in [0.15, 0.2) is 17.3 Å². The molecule has 19 heavy (non-hydrogen) atoms. The van der Waals surface area contributed by atoms with Crippen LogP contribution < -0.4 is 5.73 Å². The molecule has 2 aliphatic rings. The number of carbonyl (C=O) groups excluding carboxylic acids is 1. The van der Waals surface area contributed by atoms with E-state index in [1.807, 2.05) is 4.90 Å². The number of morpholine rings is 1. The van der Waals surface area contributed by atoms with Gasteiger partial charge in [-0.05, 0) is 6.07 Å². The second-order valence-corrected chi connectivity index (χ2v) is 4.37. The average Bonchev–Trinajstić information content (AvgIpc) is 2.46. The minimum Gasteiger partial charge on any atom is -0.464 e. The fourth-order valence-electron chi connectivity index (χ4n) is 2.36. The SMILES string of the molecule is COC(=O)c1cc2c(cn1)N=C(N)N1CCOCC21. The number of rotatable bonds is 1. The monoisotopic (exact) mass is 262 g/mol. The highest BCUT2D eigenvalue weighted by molar-refractivity contribution is 5.89. The summed E-state index contributed by atoms with van der Waals surface area (Å²) in [6, 6.07) is 1.68. The van der Waals surface area contributed by atoms with Gasteiger partial charge in [-0.1, -0.05) is 0 Å². The van der Waals surface area contributed by atoms with Gasteiger partial charge in [0, 0.05) is 12.1 Å². The predicted molar refractivity (Wildman–Crippen MR) is 67.1 cm³/mol. The van der Waals surface area contributed by atoms with Crippen molar-refractivity contribution in [3.8, 4) is 0 Å². The minimum atomic E-state index is -0.464. The second-order valence-electron chi connectivity index (χ2n) is 4.37. The quantitative estimate of drug-likeness (QED) is 0.727. The largest absolute Gasteiger partial charge is 0.464 e. The highest BCUT2D eigenvalue weighted by Crippen LogP contribution is 2.35. The summed E-state index contributed by atoms with van der Waals surface area (Å²) in [5, 5.41) is 0. The van der Waals surface area contributed by atoms with Crippen LogP contribution in [0.4, 0.5) is 5.69 Å². The van der Waals surface area contributed by atoms with Crippen LogP contribution >= 0.6 is 0 Å². The number of aliphatic imine (C=N–C) groups is 1. The molecule has 0 amide bonds. The van der Waals surface area contributed by atoms with Crippen LogP contribution in [0, 0.1) is 0 Å². The van der Waals surface area contributed by atoms with Gasteiger partial charge in [0.05, 0.1) is 38.2 Å². The van der Waals surface area contributed by atoms with Gasteiger partial charge in [-0.25, -0.2) is 14.8 Å². The van der Waals surface area contributed by atoms with E-state index in [4.69, 9.17) is 10.5 Å². The number of methoxy groups -OCH3 is 1. The van der Waals surface area contributed by atoms with Gasteiger partial charge in [0.15, 0.2) is 5.96 Å². The third-order valence-corrected chi connectivity index (χ3v) is 3.33. The standard InChI is InChI=1S/C12H14N4O3/c1-18-11(17)8-4-7-9(5-14-8)15-12(13)16-2-3-19-6-10(7)16/h4-5,10H,2-3,6H2,1H3,(H2,13,15). The number of nitrogens with zero attached hydrogens (tertiary/aromatic N) is 3. The third-order valence-electron chi connectivity index (χ3n) is 3.33. The van der Waals surface area contributed by atoms with Crippen molar-refractivity contribution in [3.05, 3.63) is 23.5 Å². The first-order valence-electron chi connectivity index (χ1n) is 5.97. The summed E-state index contributed by atoms with van der Waals surface area (Å²) >= 11 is 0. The van der Waals surface area contributed by atoms with E-state index in [0.717, 1.165) is 5.56 Å². The van der Waals surface area contributed by atoms with Gasteiger partial charge >= 0.3 is 5.97 Å². The smallest absolute Gasteiger partial charge is 0.356 e. The minimum absolute atomic E-state index is 0.0207. The zero-order valence-corrected chi connectivity index (χ0v) is 10.5. The molecule has 0 spiro atoms. The molecule has 7 nitrogen and oxygen atoms in total. The zero-order valence-electron chi connectivity index (χ0n) is 10.5. The maximum atomic E-state index is 11.5. The molecule has 0 radical (unpaired) electrons. The maximum Gasteiger partial charge on any atom is 0.356 e. The molecule has 100 valence electrons. The molecule has 2 aliphatic heterocycles. The lowest BCUT2D eigenvalue weighted by atomic mass is 10.0. The van der Waals surface area contributed by atoms with Gasteiger partial charge in [-0.15, -0.1) is 0 Å². The second kappa shape index (κ2) is 4.51. The number of carbonyl (C=O) groups is 1. The van der Waals surface area contributed by atoms with Crippen LogP contribution in [0.1, 0.15) is 22.1 Å². The Kier molecular flexibility index (Phi) is 2.83. The van der Waals surface area contributed by atoms with E-state index in [1.165, 1.54) is 7.11 Å². The molecule has 0 saturated carbocycles. The Morgan fingerprint density at radius 3 is 3.26 bits per heavy atom. The van der Waals surface area contributed by atoms with Crippen molar-refractivity contribution in [1.82, 2.24) is 9.88 Å². The summed E-state index contributed by atoms with van der Waals surface area (Å²) in [5.74, 6) is 0.00187.